The molecule has 0 fully saturated rings. The van der Waals surface area contributed by atoms with Crippen LogP contribution >= 0.6 is 7.60 Å². The number of ether oxygens (including phenoxy) is 4. The van der Waals surface area contributed by atoms with Crippen LogP contribution < -0.4 is 18.9 Å². The minimum atomic E-state index is -3.99. The lowest BCUT2D eigenvalue weighted by molar-refractivity contribution is -0.114. The molecule has 160 valence electrons. The number of hydrogen-bond donors (Lipinski definition) is 0. The first-order chi connectivity index (χ1) is 14.6. The van der Waals surface area contributed by atoms with Gasteiger partial charge in [-0.25, -0.2) is 0 Å². The van der Waals surface area contributed by atoms with E-state index in [4.69, 9.17) is 28.0 Å². The molecule has 0 amide bonds. The summed E-state index contributed by atoms with van der Waals surface area (Å²) in [5.74, 6) is 2.45. The SMILES string of the molecule is CCCCC(=O)P(=O)(OCc1ccc2c(c1)OCO2)OCc1ccc2c(c1)OCO2. The molecule has 2 aromatic rings. The van der Waals surface area contributed by atoms with Crippen LogP contribution in [0.25, 0.3) is 0 Å². The van der Waals surface area contributed by atoms with Crippen molar-refractivity contribution in [3.63, 3.8) is 0 Å². The monoisotopic (exact) mass is 434 g/mol. The van der Waals surface area contributed by atoms with E-state index >= 15 is 0 Å². The summed E-state index contributed by atoms with van der Waals surface area (Å²) in [5, 5.41) is 0. The third-order valence-corrected chi connectivity index (χ3v) is 6.50. The van der Waals surface area contributed by atoms with Gasteiger partial charge in [-0.2, -0.15) is 0 Å². The van der Waals surface area contributed by atoms with Crippen molar-refractivity contribution < 1.29 is 37.4 Å². The number of carbonyl (C=O) groups excluding carboxylic acids is 1. The molecule has 2 aliphatic heterocycles. The van der Waals surface area contributed by atoms with Crippen LogP contribution in [0.1, 0.15) is 37.3 Å². The maximum atomic E-state index is 13.3. The summed E-state index contributed by atoms with van der Waals surface area (Å²) in [5.41, 5.74) is 0.884. The number of benzene rings is 2. The zero-order valence-electron chi connectivity index (χ0n) is 16.6. The molecular weight excluding hydrogens is 411 g/mol. The van der Waals surface area contributed by atoms with Crippen molar-refractivity contribution in [1.29, 1.82) is 0 Å². The molecule has 0 N–H and O–H groups in total. The summed E-state index contributed by atoms with van der Waals surface area (Å²) in [6.07, 6.45) is 1.55. The number of unbranched alkanes of at least 4 members (excludes halogenated alkanes) is 1. The highest BCUT2D eigenvalue weighted by molar-refractivity contribution is 7.71. The van der Waals surface area contributed by atoms with Crippen molar-refractivity contribution in [3.05, 3.63) is 47.5 Å². The van der Waals surface area contributed by atoms with Crippen molar-refractivity contribution in [3.8, 4) is 23.0 Å². The Labute approximate surface area is 174 Å². The van der Waals surface area contributed by atoms with E-state index in [1.807, 2.05) is 6.92 Å². The highest BCUT2D eigenvalue weighted by Gasteiger charge is 2.34. The lowest BCUT2D eigenvalue weighted by atomic mass is 10.2. The molecule has 0 unspecified atom stereocenters. The minimum absolute atomic E-state index is 0.0487. The third-order valence-electron chi connectivity index (χ3n) is 4.73. The second kappa shape index (κ2) is 9.08. The first-order valence-corrected chi connectivity index (χ1v) is 11.3. The maximum Gasteiger partial charge on any atom is 0.397 e. The molecule has 8 nitrogen and oxygen atoms in total. The molecule has 2 heterocycles. The summed E-state index contributed by atoms with van der Waals surface area (Å²) >= 11 is 0. The number of rotatable bonds is 10. The molecule has 4 rings (SSSR count). The predicted molar refractivity (Wildman–Crippen MR) is 107 cm³/mol. The van der Waals surface area contributed by atoms with E-state index < -0.39 is 13.1 Å². The molecule has 0 saturated carbocycles. The molecule has 2 aliphatic rings. The van der Waals surface area contributed by atoms with Crippen LogP contribution in [0, 0.1) is 0 Å². The van der Waals surface area contributed by atoms with E-state index in [9.17, 15) is 9.36 Å². The normalized spacial score (nSPS) is 14.2. The van der Waals surface area contributed by atoms with Gasteiger partial charge in [-0.05, 0) is 41.8 Å². The van der Waals surface area contributed by atoms with E-state index in [-0.39, 0.29) is 33.2 Å². The zero-order valence-corrected chi connectivity index (χ0v) is 17.5. The van der Waals surface area contributed by atoms with Gasteiger partial charge in [0.05, 0.1) is 13.2 Å². The van der Waals surface area contributed by atoms with Crippen LogP contribution in [-0.4, -0.2) is 19.1 Å². The van der Waals surface area contributed by atoms with E-state index in [2.05, 4.69) is 0 Å². The van der Waals surface area contributed by atoms with E-state index in [0.717, 1.165) is 6.42 Å². The second-order valence-electron chi connectivity index (χ2n) is 6.92. The summed E-state index contributed by atoms with van der Waals surface area (Å²) in [6, 6.07) is 10.5. The molecular formula is C21H23O8P. The Morgan fingerprint density at radius 2 is 1.37 bits per heavy atom. The Balaban J connectivity index is 1.45. The molecule has 9 heteroatoms. The van der Waals surface area contributed by atoms with Crippen molar-refractivity contribution in [2.45, 2.75) is 39.4 Å². The van der Waals surface area contributed by atoms with Gasteiger partial charge in [-0.1, -0.05) is 25.5 Å². The predicted octanol–water partition coefficient (Wildman–Crippen LogP) is 4.79. The van der Waals surface area contributed by atoms with Crippen molar-refractivity contribution >= 4 is 13.1 Å². The average molecular weight is 434 g/mol. The topological polar surface area (TPSA) is 89.5 Å². The molecule has 30 heavy (non-hydrogen) atoms. The maximum absolute atomic E-state index is 13.3. The van der Waals surface area contributed by atoms with Gasteiger partial charge in [0.25, 0.3) is 0 Å². The Bertz CT molecular complexity index is 908. The smallest absolute Gasteiger partial charge is 0.397 e. The van der Waals surface area contributed by atoms with Gasteiger partial charge in [0.2, 0.25) is 19.1 Å². The van der Waals surface area contributed by atoms with Crippen molar-refractivity contribution in [2.75, 3.05) is 13.6 Å². The molecule has 0 aromatic heterocycles. The van der Waals surface area contributed by atoms with Gasteiger partial charge in [-0.3, -0.25) is 18.4 Å². The lowest BCUT2D eigenvalue weighted by Crippen LogP contribution is -2.07. The van der Waals surface area contributed by atoms with E-state index in [1.165, 1.54) is 0 Å². The fraction of sp³-hybridized carbons (Fsp3) is 0.381. The van der Waals surface area contributed by atoms with Crippen LogP contribution in [0.2, 0.25) is 0 Å². The van der Waals surface area contributed by atoms with Crippen LogP contribution in [0.4, 0.5) is 0 Å². The first kappa shape index (κ1) is 20.7. The standard InChI is InChI=1S/C21H23O8P/c1-2-3-4-21(22)30(23,28-11-15-5-7-17-19(9-15)26-13-24-17)29-12-16-6-8-18-20(10-16)27-14-25-18/h5-10H,2-4,11-14H2,1H3. The minimum Gasteiger partial charge on any atom is -0.454 e. The van der Waals surface area contributed by atoms with Gasteiger partial charge in [0.1, 0.15) is 0 Å². The summed E-state index contributed by atoms with van der Waals surface area (Å²) in [4.78, 5) is 12.6. The van der Waals surface area contributed by atoms with Crippen LogP contribution in [-0.2, 0) is 31.6 Å². The van der Waals surface area contributed by atoms with Crippen LogP contribution in [0.3, 0.4) is 0 Å². The second-order valence-corrected chi connectivity index (χ2v) is 8.93. The fourth-order valence-electron chi connectivity index (χ4n) is 3.03. The molecule has 0 saturated heterocycles. The molecule has 0 spiro atoms. The highest BCUT2D eigenvalue weighted by Crippen LogP contribution is 2.52. The lowest BCUT2D eigenvalue weighted by Gasteiger charge is -2.18. The van der Waals surface area contributed by atoms with E-state index in [0.29, 0.717) is 40.5 Å². The Morgan fingerprint density at radius 3 is 1.87 bits per heavy atom. The van der Waals surface area contributed by atoms with Crippen LogP contribution in [0.15, 0.2) is 36.4 Å². The molecule has 2 aromatic carbocycles. The number of fused-ring (bicyclic) bond motifs is 2. The first-order valence-electron chi connectivity index (χ1n) is 9.77. The largest absolute Gasteiger partial charge is 0.454 e. The van der Waals surface area contributed by atoms with Gasteiger partial charge < -0.3 is 18.9 Å². The van der Waals surface area contributed by atoms with Gasteiger partial charge in [0.15, 0.2) is 23.0 Å². The average Bonchev–Trinajstić information content (AvgIpc) is 3.42. The summed E-state index contributed by atoms with van der Waals surface area (Å²) in [7, 11) is -3.99. The summed E-state index contributed by atoms with van der Waals surface area (Å²) in [6.45, 7) is 2.18. The fourth-order valence-corrected chi connectivity index (χ4v) is 4.46. The van der Waals surface area contributed by atoms with Crippen LogP contribution in [0.5, 0.6) is 23.0 Å². The third kappa shape index (κ3) is 4.61. The van der Waals surface area contributed by atoms with Gasteiger partial charge >= 0.3 is 7.60 Å². The van der Waals surface area contributed by atoms with Gasteiger partial charge in [-0.15, -0.1) is 0 Å². The molecule has 0 bridgehead atoms. The molecule has 0 radical (unpaired) electrons. The quantitative estimate of drug-likeness (QED) is 0.493. The Kier molecular flexibility index (Phi) is 6.27. The Morgan fingerprint density at radius 1 is 0.867 bits per heavy atom. The van der Waals surface area contributed by atoms with Gasteiger partial charge in [0, 0.05) is 6.42 Å². The van der Waals surface area contributed by atoms with Crippen molar-refractivity contribution in [1.82, 2.24) is 0 Å². The number of hydrogen-bond acceptors (Lipinski definition) is 8. The molecule has 0 atom stereocenters. The highest BCUT2D eigenvalue weighted by atomic mass is 31.2. The van der Waals surface area contributed by atoms with Crippen molar-refractivity contribution in [2.24, 2.45) is 0 Å². The van der Waals surface area contributed by atoms with E-state index in [1.54, 1.807) is 36.4 Å². The molecule has 0 aliphatic carbocycles. The summed E-state index contributed by atoms with van der Waals surface area (Å²) < 4.78 is 45.8. The number of carbonyl (C=O) groups is 1. The Hall–Kier alpha value is -2.54. The zero-order chi connectivity index (χ0) is 21.0.